The van der Waals surface area contributed by atoms with Crippen LogP contribution in [0.5, 0.6) is 0 Å². The highest BCUT2D eigenvalue weighted by atomic mass is 16.5. The summed E-state index contributed by atoms with van der Waals surface area (Å²) < 4.78 is 5.48. The highest BCUT2D eigenvalue weighted by Crippen LogP contribution is 2.31. The first-order valence-corrected chi connectivity index (χ1v) is 11.1. The van der Waals surface area contributed by atoms with Crippen LogP contribution < -0.4 is 5.32 Å². The third kappa shape index (κ3) is 5.17. The molecule has 0 aliphatic rings. The summed E-state index contributed by atoms with van der Waals surface area (Å²) in [7, 11) is 0. The number of hydrogen-bond donors (Lipinski definition) is 1. The van der Waals surface area contributed by atoms with Crippen molar-refractivity contribution in [3.63, 3.8) is 0 Å². The molecule has 2 heterocycles. The topological polar surface area (TPSA) is 80.9 Å². The Morgan fingerprint density at radius 1 is 1.03 bits per heavy atom. The zero-order chi connectivity index (χ0) is 23.4. The third-order valence-electron chi connectivity index (χ3n) is 5.60. The van der Waals surface area contributed by atoms with Crippen molar-refractivity contribution in [3.8, 4) is 22.6 Å². The van der Waals surface area contributed by atoms with E-state index in [4.69, 9.17) is 9.51 Å². The van der Waals surface area contributed by atoms with Crippen molar-refractivity contribution in [2.75, 3.05) is 0 Å². The first kappa shape index (κ1) is 22.4. The minimum absolute atomic E-state index is 0.00521. The molecule has 1 N–H and O–H groups in total. The van der Waals surface area contributed by atoms with E-state index in [9.17, 15) is 4.79 Å². The van der Waals surface area contributed by atoms with Crippen molar-refractivity contribution in [2.45, 2.75) is 46.1 Å². The Balaban J connectivity index is 1.53. The zero-order valence-corrected chi connectivity index (χ0v) is 19.4. The molecular weight excluding hydrogens is 412 g/mol. The van der Waals surface area contributed by atoms with E-state index in [1.54, 1.807) is 6.20 Å². The van der Waals surface area contributed by atoms with Crippen molar-refractivity contribution in [2.24, 2.45) is 0 Å². The Hall–Kier alpha value is -3.80. The Morgan fingerprint density at radius 3 is 2.39 bits per heavy atom. The van der Waals surface area contributed by atoms with Gasteiger partial charge in [0.2, 0.25) is 5.91 Å². The Bertz CT molecular complexity index is 1230. The molecule has 168 valence electrons. The lowest BCUT2D eigenvalue weighted by Gasteiger charge is -2.13. The molecule has 33 heavy (non-hydrogen) atoms. The van der Waals surface area contributed by atoms with E-state index >= 15 is 0 Å². The summed E-state index contributed by atoms with van der Waals surface area (Å²) in [5.74, 6) is 1.43. The van der Waals surface area contributed by atoms with Crippen molar-refractivity contribution in [1.82, 2.24) is 20.4 Å². The van der Waals surface area contributed by atoms with Gasteiger partial charge in [-0.2, -0.15) is 0 Å². The molecule has 0 radical (unpaired) electrons. The van der Waals surface area contributed by atoms with Crippen LogP contribution in [-0.4, -0.2) is 21.0 Å². The van der Waals surface area contributed by atoms with Gasteiger partial charge in [-0.15, -0.1) is 0 Å². The van der Waals surface area contributed by atoms with Crippen molar-refractivity contribution in [1.29, 1.82) is 0 Å². The first-order chi connectivity index (χ1) is 15.9. The van der Waals surface area contributed by atoms with Gasteiger partial charge in [0.15, 0.2) is 5.76 Å². The van der Waals surface area contributed by atoms with Gasteiger partial charge < -0.3 is 9.84 Å². The first-order valence-electron chi connectivity index (χ1n) is 11.1. The lowest BCUT2D eigenvalue weighted by atomic mass is 10.00. The van der Waals surface area contributed by atoms with Crippen LogP contribution in [0, 0.1) is 6.92 Å². The quantitative estimate of drug-likeness (QED) is 0.402. The molecule has 0 aliphatic heterocycles. The van der Waals surface area contributed by atoms with E-state index in [1.807, 2.05) is 74.5 Å². The number of aryl methyl sites for hydroxylation is 1. The van der Waals surface area contributed by atoms with Crippen LogP contribution in [0.15, 0.2) is 71.4 Å². The average Bonchev–Trinajstić information content (AvgIpc) is 3.28. The number of carbonyl (C=O) groups excluding carboxylic acids is 1. The lowest BCUT2D eigenvalue weighted by Crippen LogP contribution is -2.27. The van der Waals surface area contributed by atoms with Gasteiger partial charge in [0.1, 0.15) is 5.82 Å². The highest BCUT2D eigenvalue weighted by Gasteiger charge is 2.17. The second-order valence-corrected chi connectivity index (χ2v) is 8.52. The number of aromatic nitrogens is 3. The SMILES string of the molecule is Cc1cc(-c2cnc(C(C)C)nc2-c2ccc(CNC(=O)C(C)c3ccccc3)cc2)on1. The number of hydrogen-bond acceptors (Lipinski definition) is 5. The molecule has 4 aromatic rings. The summed E-state index contributed by atoms with van der Waals surface area (Å²) in [5.41, 5.74) is 5.39. The molecule has 0 spiro atoms. The molecule has 0 aliphatic carbocycles. The fraction of sp³-hybridized carbons (Fsp3) is 0.259. The Kier molecular flexibility index (Phi) is 6.63. The Morgan fingerprint density at radius 2 is 1.76 bits per heavy atom. The summed E-state index contributed by atoms with van der Waals surface area (Å²) in [4.78, 5) is 21.9. The van der Waals surface area contributed by atoms with Gasteiger partial charge in [-0.3, -0.25) is 4.79 Å². The standard InChI is InChI=1S/C27H28N4O2/c1-17(2)26-28-16-23(24-14-18(3)31-33-24)25(30-26)22-12-10-20(11-13-22)15-29-27(32)19(4)21-8-6-5-7-9-21/h5-14,16-17,19H,15H2,1-4H3,(H,29,32). The second-order valence-electron chi connectivity index (χ2n) is 8.52. The summed E-state index contributed by atoms with van der Waals surface area (Å²) in [6, 6.07) is 19.7. The maximum Gasteiger partial charge on any atom is 0.227 e. The molecular formula is C27H28N4O2. The maximum absolute atomic E-state index is 12.6. The maximum atomic E-state index is 12.6. The monoisotopic (exact) mass is 440 g/mol. The molecule has 0 saturated carbocycles. The van der Waals surface area contributed by atoms with E-state index in [-0.39, 0.29) is 17.7 Å². The van der Waals surface area contributed by atoms with Gasteiger partial charge in [-0.25, -0.2) is 9.97 Å². The van der Waals surface area contributed by atoms with Gasteiger partial charge >= 0.3 is 0 Å². The van der Waals surface area contributed by atoms with Crippen LogP contribution in [0.2, 0.25) is 0 Å². The van der Waals surface area contributed by atoms with Crippen LogP contribution >= 0.6 is 0 Å². The lowest BCUT2D eigenvalue weighted by molar-refractivity contribution is -0.122. The zero-order valence-electron chi connectivity index (χ0n) is 19.4. The summed E-state index contributed by atoms with van der Waals surface area (Å²) in [6.07, 6.45) is 1.80. The summed E-state index contributed by atoms with van der Waals surface area (Å²) >= 11 is 0. The minimum Gasteiger partial charge on any atom is -0.356 e. The normalized spacial score (nSPS) is 12.0. The highest BCUT2D eigenvalue weighted by molar-refractivity contribution is 5.83. The molecule has 0 bridgehead atoms. The van der Waals surface area contributed by atoms with E-state index in [0.717, 1.165) is 39.5 Å². The third-order valence-corrected chi connectivity index (χ3v) is 5.60. The molecule has 0 fully saturated rings. The number of benzene rings is 2. The number of amides is 1. The van der Waals surface area contributed by atoms with E-state index < -0.39 is 0 Å². The predicted octanol–water partition coefficient (Wildman–Crippen LogP) is 5.65. The molecule has 1 atom stereocenters. The number of carbonyl (C=O) groups is 1. The largest absolute Gasteiger partial charge is 0.356 e. The summed E-state index contributed by atoms with van der Waals surface area (Å²) in [6.45, 7) is 8.41. The molecule has 6 heteroatoms. The Labute approximate surface area is 194 Å². The molecule has 0 saturated heterocycles. The molecule has 4 rings (SSSR count). The number of rotatable bonds is 7. The van der Waals surface area contributed by atoms with Gasteiger partial charge in [-0.05, 0) is 25.0 Å². The fourth-order valence-electron chi connectivity index (χ4n) is 3.58. The van der Waals surface area contributed by atoms with Gasteiger partial charge in [0.05, 0.1) is 22.9 Å². The number of nitrogens with zero attached hydrogens (tertiary/aromatic N) is 3. The molecule has 6 nitrogen and oxygen atoms in total. The minimum atomic E-state index is -0.200. The molecule has 1 amide bonds. The van der Waals surface area contributed by atoms with Crippen molar-refractivity contribution < 1.29 is 9.32 Å². The van der Waals surface area contributed by atoms with Crippen LogP contribution in [0.25, 0.3) is 22.6 Å². The number of nitrogens with one attached hydrogen (secondary N) is 1. The van der Waals surface area contributed by atoms with E-state index in [1.165, 1.54) is 0 Å². The van der Waals surface area contributed by atoms with Crippen LogP contribution in [0.4, 0.5) is 0 Å². The molecule has 2 aromatic heterocycles. The predicted molar refractivity (Wildman–Crippen MR) is 128 cm³/mol. The van der Waals surface area contributed by atoms with Crippen molar-refractivity contribution in [3.05, 3.63) is 89.5 Å². The van der Waals surface area contributed by atoms with E-state index in [0.29, 0.717) is 12.3 Å². The van der Waals surface area contributed by atoms with Crippen LogP contribution in [0.1, 0.15) is 55.3 Å². The molecule has 2 aromatic carbocycles. The van der Waals surface area contributed by atoms with Gasteiger partial charge in [0, 0.05) is 30.3 Å². The summed E-state index contributed by atoms with van der Waals surface area (Å²) in [5, 5.41) is 7.04. The molecule has 1 unspecified atom stereocenters. The average molecular weight is 441 g/mol. The van der Waals surface area contributed by atoms with Crippen LogP contribution in [0.3, 0.4) is 0 Å². The van der Waals surface area contributed by atoms with Crippen LogP contribution in [-0.2, 0) is 11.3 Å². The van der Waals surface area contributed by atoms with E-state index in [2.05, 4.69) is 29.3 Å². The fourth-order valence-corrected chi connectivity index (χ4v) is 3.58. The van der Waals surface area contributed by atoms with Crippen molar-refractivity contribution >= 4 is 5.91 Å². The smallest absolute Gasteiger partial charge is 0.227 e. The second kappa shape index (κ2) is 9.77. The van der Waals surface area contributed by atoms with Gasteiger partial charge in [-0.1, -0.05) is 73.6 Å². The van der Waals surface area contributed by atoms with Gasteiger partial charge in [0.25, 0.3) is 0 Å².